The number of amidine groups is 1. The minimum Gasteiger partial charge on any atom is -0.409 e. The SMILES string of the molecule is N/C(=N/O)c1cccn(Cc2cccc(F)c2F)c1=O. The highest BCUT2D eigenvalue weighted by atomic mass is 19.2. The third-order valence-electron chi connectivity index (χ3n) is 2.78. The van der Waals surface area contributed by atoms with Crippen molar-refractivity contribution >= 4 is 5.84 Å². The lowest BCUT2D eigenvalue weighted by Gasteiger charge is -2.08. The van der Waals surface area contributed by atoms with Crippen LogP contribution in [0.25, 0.3) is 0 Å². The summed E-state index contributed by atoms with van der Waals surface area (Å²) in [5.74, 6) is -2.33. The third kappa shape index (κ3) is 2.51. The monoisotopic (exact) mass is 279 g/mol. The molecule has 0 unspecified atom stereocenters. The van der Waals surface area contributed by atoms with Gasteiger partial charge in [-0.3, -0.25) is 4.79 Å². The summed E-state index contributed by atoms with van der Waals surface area (Å²) in [5, 5.41) is 11.3. The van der Waals surface area contributed by atoms with Gasteiger partial charge in [0, 0.05) is 11.8 Å². The quantitative estimate of drug-likeness (QED) is 0.384. The minimum atomic E-state index is -1.01. The number of hydrogen-bond acceptors (Lipinski definition) is 3. The van der Waals surface area contributed by atoms with Gasteiger partial charge in [0.05, 0.1) is 12.1 Å². The molecule has 0 aliphatic rings. The molecule has 0 bridgehead atoms. The van der Waals surface area contributed by atoms with Crippen LogP contribution in [0.5, 0.6) is 0 Å². The summed E-state index contributed by atoms with van der Waals surface area (Å²) in [7, 11) is 0. The Bertz CT molecular complexity index is 726. The van der Waals surface area contributed by atoms with Gasteiger partial charge in [0.25, 0.3) is 5.56 Å². The summed E-state index contributed by atoms with van der Waals surface area (Å²) in [4.78, 5) is 12.0. The summed E-state index contributed by atoms with van der Waals surface area (Å²) < 4.78 is 27.8. The van der Waals surface area contributed by atoms with Crippen molar-refractivity contribution in [1.82, 2.24) is 4.57 Å². The molecule has 2 aromatic rings. The molecule has 0 amide bonds. The Morgan fingerprint density at radius 3 is 2.75 bits per heavy atom. The lowest BCUT2D eigenvalue weighted by atomic mass is 10.2. The summed E-state index contributed by atoms with van der Waals surface area (Å²) >= 11 is 0. The largest absolute Gasteiger partial charge is 0.409 e. The number of pyridine rings is 1. The van der Waals surface area contributed by atoms with Crippen molar-refractivity contribution in [2.24, 2.45) is 10.9 Å². The molecule has 2 rings (SSSR count). The highest BCUT2D eigenvalue weighted by molar-refractivity contribution is 5.96. The van der Waals surface area contributed by atoms with Crippen LogP contribution in [0, 0.1) is 11.6 Å². The van der Waals surface area contributed by atoms with Crippen LogP contribution in [0.3, 0.4) is 0 Å². The van der Waals surface area contributed by atoms with Gasteiger partial charge in [-0.15, -0.1) is 0 Å². The first-order valence-corrected chi connectivity index (χ1v) is 5.65. The third-order valence-corrected chi connectivity index (χ3v) is 2.78. The van der Waals surface area contributed by atoms with Crippen LogP contribution >= 0.6 is 0 Å². The Morgan fingerprint density at radius 1 is 1.30 bits per heavy atom. The second-order valence-electron chi connectivity index (χ2n) is 4.05. The maximum Gasteiger partial charge on any atom is 0.261 e. The number of oxime groups is 1. The number of benzene rings is 1. The van der Waals surface area contributed by atoms with Crippen LogP contribution in [0.15, 0.2) is 46.5 Å². The molecule has 0 spiro atoms. The molecule has 1 heterocycles. The van der Waals surface area contributed by atoms with Crippen LogP contribution in [-0.2, 0) is 6.54 Å². The molecule has 104 valence electrons. The van der Waals surface area contributed by atoms with Gasteiger partial charge in [0.1, 0.15) is 0 Å². The van der Waals surface area contributed by atoms with Crippen LogP contribution in [0.2, 0.25) is 0 Å². The highest BCUT2D eigenvalue weighted by Crippen LogP contribution is 2.12. The number of rotatable bonds is 3. The zero-order chi connectivity index (χ0) is 14.7. The Balaban J connectivity index is 2.45. The Labute approximate surface area is 112 Å². The normalized spacial score (nSPS) is 11.6. The molecular formula is C13H11F2N3O2. The van der Waals surface area contributed by atoms with Crippen molar-refractivity contribution in [2.75, 3.05) is 0 Å². The van der Waals surface area contributed by atoms with E-state index in [-0.39, 0.29) is 23.5 Å². The maximum atomic E-state index is 13.6. The summed E-state index contributed by atoms with van der Waals surface area (Å²) in [6.07, 6.45) is 1.40. The van der Waals surface area contributed by atoms with E-state index in [1.807, 2.05) is 0 Å². The van der Waals surface area contributed by atoms with Gasteiger partial charge in [-0.2, -0.15) is 0 Å². The van der Waals surface area contributed by atoms with E-state index in [1.165, 1.54) is 30.5 Å². The Kier molecular flexibility index (Phi) is 3.79. The molecule has 0 saturated heterocycles. The lowest BCUT2D eigenvalue weighted by molar-refractivity contribution is 0.318. The van der Waals surface area contributed by atoms with Crippen LogP contribution in [-0.4, -0.2) is 15.6 Å². The zero-order valence-electron chi connectivity index (χ0n) is 10.3. The molecule has 0 aliphatic carbocycles. The molecule has 20 heavy (non-hydrogen) atoms. The molecule has 0 radical (unpaired) electrons. The molecule has 0 saturated carbocycles. The van der Waals surface area contributed by atoms with Crippen LogP contribution in [0.1, 0.15) is 11.1 Å². The van der Waals surface area contributed by atoms with E-state index in [1.54, 1.807) is 0 Å². The fourth-order valence-corrected chi connectivity index (χ4v) is 1.76. The molecule has 0 atom stereocenters. The molecule has 0 aliphatic heterocycles. The number of aromatic nitrogens is 1. The second-order valence-corrected chi connectivity index (χ2v) is 4.05. The predicted molar refractivity (Wildman–Crippen MR) is 68.7 cm³/mol. The van der Waals surface area contributed by atoms with Gasteiger partial charge in [-0.05, 0) is 18.2 Å². The molecule has 5 nitrogen and oxygen atoms in total. The second kappa shape index (κ2) is 5.52. The van der Waals surface area contributed by atoms with Gasteiger partial charge in [-0.25, -0.2) is 8.78 Å². The molecular weight excluding hydrogens is 268 g/mol. The van der Waals surface area contributed by atoms with Gasteiger partial charge in [-0.1, -0.05) is 17.3 Å². The fraction of sp³-hybridized carbons (Fsp3) is 0.0769. The van der Waals surface area contributed by atoms with Crippen LogP contribution in [0.4, 0.5) is 8.78 Å². The predicted octanol–water partition coefficient (Wildman–Crippen LogP) is 1.27. The van der Waals surface area contributed by atoms with E-state index in [0.29, 0.717) is 0 Å². The smallest absolute Gasteiger partial charge is 0.261 e. The number of halogens is 2. The first-order chi connectivity index (χ1) is 9.54. The first kappa shape index (κ1) is 13.7. The summed E-state index contributed by atoms with van der Waals surface area (Å²) in [6, 6.07) is 6.59. The van der Waals surface area contributed by atoms with E-state index in [2.05, 4.69) is 5.16 Å². The molecule has 1 aromatic carbocycles. The van der Waals surface area contributed by atoms with Crippen molar-refractivity contribution in [1.29, 1.82) is 0 Å². The topological polar surface area (TPSA) is 80.6 Å². The maximum absolute atomic E-state index is 13.6. The van der Waals surface area contributed by atoms with Gasteiger partial charge in [0.2, 0.25) is 0 Å². The lowest BCUT2D eigenvalue weighted by Crippen LogP contribution is -2.30. The Morgan fingerprint density at radius 2 is 2.05 bits per heavy atom. The van der Waals surface area contributed by atoms with Gasteiger partial charge < -0.3 is 15.5 Å². The number of nitrogens with two attached hydrogens (primary N) is 1. The molecule has 7 heteroatoms. The summed E-state index contributed by atoms with van der Waals surface area (Å²) in [5.41, 5.74) is 4.81. The van der Waals surface area contributed by atoms with Crippen molar-refractivity contribution in [3.05, 3.63) is 69.6 Å². The average molecular weight is 279 g/mol. The number of hydrogen-bond donors (Lipinski definition) is 2. The van der Waals surface area contributed by atoms with Gasteiger partial charge >= 0.3 is 0 Å². The fourth-order valence-electron chi connectivity index (χ4n) is 1.76. The van der Waals surface area contributed by atoms with Crippen molar-refractivity contribution in [3.8, 4) is 0 Å². The van der Waals surface area contributed by atoms with Crippen LogP contribution < -0.4 is 11.3 Å². The average Bonchev–Trinajstić information content (AvgIpc) is 2.45. The van der Waals surface area contributed by atoms with E-state index >= 15 is 0 Å². The minimum absolute atomic E-state index is 0.0215. The highest BCUT2D eigenvalue weighted by Gasteiger charge is 2.11. The summed E-state index contributed by atoms with van der Waals surface area (Å²) in [6.45, 7) is -0.158. The zero-order valence-corrected chi connectivity index (χ0v) is 10.3. The van der Waals surface area contributed by atoms with E-state index in [0.717, 1.165) is 10.6 Å². The van der Waals surface area contributed by atoms with Crippen molar-refractivity contribution in [3.63, 3.8) is 0 Å². The first-order valence-electron chi connectivity index (χ1n) is 5.65. The standard InChI is InChI=1S/C13H11F2N3O2/c14-10-5-1-3-8(11(10)15)7-18-6-2-4-9(13(18)19)12(16)17-20/h1-6,20H,7H2,(H2,16,17). The van der Waals surface area contributed by atoms with E-state index in [4.69, 9.17) is 10.9 Å². The van der Waals surface area contributed by atoms with Gasteiger partial charge in [0.15, 0.2) is 17.5 Å². The molecule has 1 aromatic heterocycles. The van der Waals surface area contributed by atoms with Crippen molar-refractivity contribution in [2.45, 2.75) is 6.54 Å². The Hall–Kier alpha value is -2.70. The van der Waals surface area contributed by atoms with E-state index < -0.39 is 17.2 Å². The van der Waals surface area contributed by atoms with Crippen molar-refractivity contribution < 1.29 is 14.0 Å². The molecule has 3 N–H and O–H groups in total. The number of nitrogens with zero attached hydrogens (tertiary/aromatic N) is 2. The molecule has 0 fully saturated rings. The van der Waals surface area contributed by atoms with E-state index in [9.17, 15) is 13.6 Å².